The molecule has 6 nitrogen and oxygen atoms in total. The van der Waals surface area contributed by atoms with Gasteiger partial charge in [-0.2, -0.15) is 0 Å². The van der Waals surface area contributed by atoms with Crippen LogP contribution in [0, 0.1) is 0 Å². The molecule has 0 unspecified atom stereocenters. The number of rotatable bonds is 3. The van der Waals surface area contributed by atoms with Gasteiger partial charge in [0.25, 0.3) is 5.91 Å². The lowest BCUT2D eigenvalue weighted by atomic mass is 10.1. The normalized spacial score (nSPS) is 10.1. The third-order valence-electron chi connectivity index (χ3n) is 2.49. The van der Waals surface area contributed by atoms with Crippen molar-refractivity contribution in [2.75, 3.05) is 5.32 Å². The van der Waals surface area contributed by atoms with E-state index in [-0.39, 0.29) is 22.6 Å². The number of aromatic nitrogens is 1. The van der Waals surface area contributed by atoms with Crippen LogP contribution in [-0.4, -0.2) is 27.1 Å². The molecule has 2 aromatic rings. The summed E-state index contributed by atoms with van der Waals surface area (Å²) in [5.41, 5.74) is 0.173. The van der Waals surface area contributed by atoms with E-state index in [2.05, 4.69) is 26.2 Å². The fourth-order valence-electron chi connectivity index (χ4n) is 1.56. The number of benzene rings is 1. The molecule has 0 bridgehead atoms. The van der Waals surface area contributed by atoms with Gasteiger partial charge in [-0.1, -0.05) is 0 Å². The lowest BCUT2D eigenvalue weighted by Gasteiger charge is -2.09. The molecule has 1 aromatic carbocycles. The molecule has 0 saturated carbocycles. The molecule has 0 atom stereocenters. The first-order chi connectivity index (χ1) is 9.49. The number of aromatic hydroxyl groups is 1. The Morgan fingerprint density at radius 1 is 1.20 bits per heavy atom. The lowest BCUT2D eigenvalue weighted by Crippen LogP contribution is -2.15. The number of amides is 1. The monoisotopic (exact) mass is 336 g/mol. The van der Waals surface area contributed by atoms with Gasteiger partial charge in [0.1, 0.15) is 10.4 Å². The number of carbonyl (C=O) groups excluding carboxylic acids is 1. The number of halogens is 1. The van der Waals surface area contributed by atoms with Gasteiger partial charge < -0.3 is 15.5 Å². The maximum absolute atomic E-state index is 12.1. The van der Waals surface area contributed by atoms with Crippen LogP contribution in [0.4, 0.5) is 5.69 Å². The molecule has 0 radical (unpaired) electrons. The zero-order valence-corrected chi connectivity index (χ0v) is 11.6. The Labute approximate surface area is 122 Å². The molecular weight excluding hydrogens is 328 g/mol. The lowest BCUT2D eigenvalue weighted by molar-refractivity contribution is 0.0697. The first-order valence-electron chi connectivity index (χ1n) is 5.47. The molecule has 1 amide bonds. The van der Waals surface area contributed by atoms with Gasteiger partial charge >= 0.3 is 5.97 Å². The number of phenols is 1. The molecule has 0 aliphatic heterocycles. The number of carboxylic acids is 1. The Morgan fingerprint density at radius 2 is 1.95 bits per heavy atom. The van der Waals surface area contributed by atoms with Crippen LogP contribution in [0.1, 0.15) is 20.7 Å². The van der Waals surface area contributed by atoms with Crippen molar-refractivity contribution >= 4 is 33.5 Å². The SMILES string of the molecule is O=C(O)c1cc(O)ccc1NC(=O)c1cccnc1Br. The topological polar surface area (TPSA) is 99.5 Å². The number of anilines is 1. The molecule has 0 saturated heterocycles. The standard InChI is InChI=1S/C13H9BrN2O4/c14-11-8(2-1-5-15-11)12(18)16-10-4-3-7(17)6-9(10)13(19)20/h1-6,17H,(H,16,18)(H,19,20). The van der Waals surface area contributed by atoms with E-state index in [4.69, 9.17) is 5.11 Å². The van der Waals surface area contributed by atoms with Crippen LogP contribution in [-0.2, 0) is 0 Å². The molecule has 1 heterocycles. The Morgan fingerprint density at radius 3 is 2.60 bits per heavy atom. The smallest absolute Gasteiger partial charge is 0.337 e. The number of carboxylic acid groups (broad SMARTS) is 1. The van der Waals surface area contributed by atoms with E-state index < -0.39 is 11.9 Å². The average Bonchev–Trinajstić information content (AvgIpc) is 2.41. The number of carbonyl (C=O) groups is 2. The summed E-state index contributed by atoms with van der Waals surface area (Å²) in [6.45, 7) is 0. The zero-order valence-electron chi connectivity index (χ0n) is 10.0. The van der Waals surface area contributed by atoms with Crippen molar-refractivity contribution in [2.45, 2.75) is 0 Å². The first kappa shape index (κ1) is 14.0. The van der Waals surface area contributed by atoms with Crippen molar-refractivity contribution in [3.05, 3.63) is 52.3 Å². The molecule has 102 valence electrons. The van der Waals surface area contributed by atoms with Gasteiger partial charge in [0.05, 0.1) is 16.8 Å². The second kappa shape index (κ2) is 5.70. The van der Waals surface area contributed by atoms with E-state index in [9.17, 15) is 14.7 Å². The largest absolute Gasteiger partial charge is 0.508 e. The molecule has 0 aliphatic rings. The van der Waals surface area contributed by atoms with E-state index in [0.717, 1.165) is 6.07 Å². The highest BCUT2D eigenvalue weighted by atomic mass is 79.9. The third kappa shape index (κ3) is 2.94. The van der Waals surface area contributed by atoms with Crippen molar-refractivity contribution in [1.82, 2.24) is 4.98 Å². The van der Waals surface area contributed by atoms with Crippen LogP contribution in [0.25, 0.3) is 0 Å². The van der Waals surface area contributed by atoms with Gasteiger partial charge in [-0.15, -0.1) is 0 Å². The summed E-state index contributed by atoms with van der Waals surface area (Å²) in [6.07, 6.45) is 1.52. The van der Waals surface area contributed by atoms with Crippen LogP contribution in [0.5, 0.6) is 5.75 Å². The summed E-state index contributed by atoms with van der Waals surface area (Å²) in [7, 11) is 0. The number of nitrogens with one attached hydrogen (secondary N) is 1. The van der Waals surface area contributed by atoms with E-state index in [1.165, 1.54) is 18.3 Å². The molecule has 2 rings (SSSR count). The van der Waals surface area contributed by atoms with Crippen LogP contribution in [0.15, 0.2) is 41.1 Å². The molecule has 20 heavy (non-hydrogen) atoms. The summed E-state index contributed by atoms with van der Waals surface area (Å²) in [5, 5.41) is 20.8. The van der Waals surface area contributed by atoms with E-state index in [1.54, 1.807) is 12.1 Å². The van der Waals surface area contributed by atoms with Gasteiger partial charge in [0.15, 0.2) is 0 Å². The summed E-state index contributed by atoms with van der Waals surface area (Å²) in [5.74, 6) is -1.94. The Balaban J connectivity index is 2.33. The van der Waals surface area contributed by atoms with Gasteiger partial charge in [-0.3, -0.25) is 4.79 Å². The second-order valence-corrected chi connectivity index (χ2v) is 4.58. The maximum Gasteiger partial charge on any atom is 0.337 e. The highest BCUT2D eigenvalue weighted by Crippen LogP contribution is 2.23. The quantitative estimate of drug-likeness (QED) is 0.590. The van der Waals surface area contributed by atoms with Gasteiger partial charge in [-0.05, 0) is 46.3 Å². The molecule has 1 aromatic heterocycles. The first-order valence-corrected chi connectivity index (χ1v) is 6.26. The Kier molecular flexibility index (Phi) is 3.99. The van der Waals surface area contributed by atoms with Crippen molar-refractivity contribution in [3.63, 3.8) is 0 Å². The van der Waals surface area contributed by atoms with Crippen LogP contribution in [0.3, 0.4) is 0 Å². The van der Waals surface area contributed by atoms with Crippen LogP contribution >= 0.6 is 15.9 Å². The van der Waals surface area contributed by atoms with Crippen LogP contribution in [0.2, 0.25) is 0 Å². The number of aromatic carboxylic acids is 1. The summed E-state index contributed by atoms with van der Waals surface area (Å²) in [4.78, 5) is 27.0. The third-order valence-corrected chi connectivity index (χ3v) is 3.12. The number of hydrogen-bond donors (Lipinski definition) is 3. The summed E-state index contributed by atoms with van der Waals surface area (Å²) in [6, 6.07) is 6.82. The van der Waals surface area contributed by atoms with Gasteiger partial charge in [0, 0.05) is 6.20 Å². The number of phenolic OH excluding ortho intramolecular Hbond substituents is 1. The van der Waals surface area contributed by atoms with E-state index >= 15 is 0 Å². The fourth-order valence-corrected chi connectivity index (χ4v) is 1.99. The molecule has 0 aliphatic carbocycles. The minimum atomic E-state index is -1.25. The van der Waals surface area contributed by atoms with E-state index in [1.807, 2.05) is 0 Å². The molecule has 7 heteroatoms. The second-order valence-electron chi connectivity index (χ2n) is 3.83. The van der Waals surface area contributed by atoms with Crippen molar-refractivity contribution in [3.8, 4) is 5.75 Å². The highest BCUT2D eigenvalue weighted by molar-refractivity contribution is 9.10. The zero-order chi connectivity index (χ0) is 14.7. The van der Waals surface area contributed by atoms with Crippen molar-refractivity contribution < 1.29 is 19.8 Å². The summed E-state index contributed by atoms with van der Waals surface area (Å²) >= 11 is 3.14. The Bertz CT molecular complexity index is 688. The summed E-state index contributed by atoms with van der Waals surface area (Å²) < 4.78 is 0.355. The average molecular weight is 337 g/mol. The maximum atomic E-state index is 12.1. The van der Waals surface area contributed by atoms with Gasteiger partial charge in [-0.25, -0.2) is 9.78 Å². The number of pyridine rings is 1. The van der Waals surface area contributed by atoms with Crippen LogP contribution < -0.4 is 5.32 Å². The predicted octanol–water partition coefficient (Wildman–Crippen LogP) is 2.50. The molecule has 0 spiro atoms. The fraction of sp³-hybridized carbons (Fsp3) is 0. The predicted molar refractivity (Wildman–Crippen MR) is 75.0 cm³/mol. The molecule has 3 N–H and O–H groups in total. The minimum absolute atomic E-state index is 0.0936. The highest BCUT2D eigenvalue weighted by Gasteiger charge is 2.16. The number of hydrogen-bond acceptors (Lipinski definition) is 4. The number of nitrogens with zero attached hydrogens (tertiary/aromatic N) is 1. The van der Waals surface area contributed by atoms with Gasteiger partial charge in [0.2, 0.25) is 0 Å². The van der Waals surface area contributed by atoms with Crippen molar-refractivity contribution in [1.29, 1.82) is 0 Å². The molecular formula is C13H9BrN2O4. The minimum Gasteiger partial charge on any atom is -0.508 e. The molecule has 0 fully saturated rings. The van der Waals surface area contributed by atoms with E-state index in [0.29, 0.717) is 4.60 Å². The van der Waals surface area contributed by atoms with Crippen molar-refractivity contribution in [2.24, 2.45) is 0 Å². The Hall–Kier alpha value is -2.41.